The lowest BCUT2D eigenvalue weighted by Crippen LogP contribution is -2.27. The molecule has 1 heterocycles. The predicted octanol–water partition coefficient (Wildman–Crippen LogP) is 6.03. The summed E-state index contributed by atoms with van der Waals surface area (Å²) >= 11 is 1.54. The molecule has 5 nitrogen and oxygen atoms in total. The van der Waals surface area contributed by atoms with Gasteiger partial charge in [-0.25, -0.2) is 0 Å². The van der Waals surface area contributed by atoms with Gasteiger partial charge in [0.25, 0.3) is 11.8 Å². The number of anilines is 1. The van der Waals surface area contributed by atoms with Crippen molar-refractivity contribution in [1.82, 2.24) is 5.32 Å². The van der Waals surface area contributed by atoms with E-state index in [1.165, 1.54) is 10.4 Å². The van der Waals surface area contributed by atoms with Crippen LogP contribution in [0.4, 0.5) is 5.00 Å². The van der Waals surface area contributed by atoms with Crippen LogP contribution in [0.2, 0.25) is 0 Å². The third-order valence-electron chi connectivity index (χ3n) is 6.05. The fourth-order valence-electron chi connectivity index (χ4n) is 4.16. The highest BCUT2D eigenvalue weighted by Crippen LogP contribution is 2.38. The van der Waals surface area contributed by atoms with Gasteiger partial charge in [0, 0.05) is 17.0 Å². The van der Waals surface area contributed by atoms with E-state index in [4.69, 9.17) is 4.74 Å². The first-order valence-corrected chi connectivity index (χ1v) is 13.0. The van der Waals surface area contributed by atoms with Gasteiger partial charge in [-0.1, -0.05) is 43.7 Å². The number of thiophene rings is 1. The minimum Gasteiger partial charge on any atom is -0.494 e. The highest BCUT2D eigenvalue weighted by Gasteiger charge is 2.26. The topological polar surface area (TPSA) is 67.4 Å². The number of amides is 2. The molecule has 2 amide bonds. The van der Waals surface area contributed by atoms with E-state index < -0.39 is 0 Å². The third kappa shape index (κ3) is 6.06. The molecule has 2 aromatic carbocycles. The summed E-state index contributed by atoms with van der Waals surface area (Å²) in [4.78, 5) is 27.4. The molecular weight excluding hydrogens is 444 g/mol. The summed E-state index contributed by atoms with van der Waals surface area (Å²) in [5, 5.41) is 6.74. The van der Waals surface area contributed by atoms with Crippen LogP contribution in [0.25, 0.3) is 0 Å². The zero-order valence-corrected chi connectivity index (χ0v) is 20.5. The van der Waals surface area contributed by atoms with Gasteiger partial charge in [-0.3, -0.25) is 9.59 Å². The van der Waals surface area contributed by atoms with Crippen LogP contribution in [-0.4, -0.2) is 25.0 Å². The van der Waals surface area contributed by atoms with Crippen molar-refractivity contribution in [2.45, 2.75) is 51.9 Å². The van der Waals surface area contributed by atoms with E-state index >= 15 is 0 Å². The van der Waals surface area contributed by atoms with Gasteiger partial charge in [-0.05, 0) is 73.9 Å². The largest absolute Gasteiger partial charge is 0.494 e. The smallest absolute Gasteiger partial charge is 0.256 e. The molecule has 0 saturated heterocycles. The summed E-state index contributed by atoms with van der Waals surface area (Å²) in [5.41, 5.74) is 3.47. The molecule has 3 aromatic rings. The summed E-state index contributed by atoms with van der Waals surface area (Å²) in [6, 6.07) is 17.3. The summed E-state index contributed by atoms with van der Waals surface area (Å²) in [7, 11) is 0. The van der Waals surface area contributed by atoms with E-state index in [-0.39, 0.29) is 11.8 Å². The molecule has 178 valence electrons. The first-order chi connectivity index (χ1) is 16.7. The molecule has 1 aromatic heterocycles. The quantitative estimate of drug-likeness (QED) is 0.351. The molecule has 0 unspecified atom stereocenters. The molecule has 0 fully saturated rings. The Kier molecular flexibility index (Phi) is 8.36. The molecule has 6 heteroatoms. The first kappa shape index (κ1) is 24.0. The maximum absolute atomic E-state index is 13.2. The van der Waals surface area contributed by atoms with Crippen LogP contribution in [0, 0.1) is 0 Å². The van der Waals surface area contributed by atoms with Crippen LogP contribution in [-0.2, 0) is 19.3 Å². The summed E-state index contributed by atoms with van der Waals surface area (Å²) in [6.45, 7) is 3.35. The number of aryl methyl sites for hydroxylation is 1. The summed E-state index contributed by atoms with van der Waals surface area (Å²) in [6.07, 6.45) is 6.88. The van der Waals surface area contributed by atoms with Crippen molar-refractivity contribution in [3.63, 3.8) is 0 Å². The zero-order chi connectivity index (χ0) is 23.8. The molecule has 0 spiro atoms. The number of carbonyl (C=O) groups excluding carboxylic acids is 2. The summed E-state index contributed by atoms with van der Waals surface area (Å²) < 4.78 is 5.69. The molecule has 4 rings (SSSR count). The van der Waals surface area contributed by atoms with Crippen LogP contribution in [0.3, 0.4) is 0 Å². The van der Waals surface area contributed by atoms with Gasteiger partial charge in [0.05, 0.1) is 12.2 Å². The van der Waals surface area contributed by atoms with Crippen molar-refractivity contribution in [3.8, 4) is 5.75 Å². The lowest BCUT2D eigenvalue weighted by atomic mass is 9.95. The predicted molar refractivity (Wildman–Crippen MR) is 138 cm³/mol. The highest BCUT2D eigenvalue weighted by molar-refractivity contribution is 7.17. The Labute approximate surface area is 205 Å². The molecule has 1 aliphatic rings. The number of unbranched alkanes of at least 4 members (excludes halogenated alkanes) is 1. The molecular formula is C28H32N2O3S. The molecule has 0 bridgehead atoms. The number of hydrogen-bond acceptors (Lipinski definition) is 4. The third-order valence-corrected chi connectivity index (χ3v) is 7.26. The fraction of sp³-hybridized carbons (Fsp3) is 0.357. The maximum Gasteiger partial charge on any atom is 0.256 e. The number of rotatable bonds is 10. The maximum atomic E-state index is 13.2. The van der Waals surface area contributed by atoms with Crippen LogP contribution in [0.15, 0.2) is 54.6 Å². The van der Waals surface area contributed by atoms with E-state index in [1.807, 2.05) is 30.3 Å². The molecule has 1 aliphatic carbocycles. The van der Waals surface area contributed by atoms with Crippen LogP contribution < -0.4 is 15.4 Å². The van der Waals surface area contributed by atoms with E-state index in [0.717, 1.165) is 56.3 Å². The van der Waals surface area contributed by atoms with Gasteiger partial charge in [0.15, 0.2) is 0 Å². The lowest BCUT2D eigenvalue weighted by molar-refractivity contribution is 0.0954. The Morgan fingerprint density at radius 3 is 2.50 bits per heavy atom. The van der Waals surface area contributed by atoms with Crippen molar-refractivity contribution in [2.24, 2.45) is 0 Å². The summed E-state index contributed by atoms with van der Waals surface area (Å²) in [5.74, 6) is 0.442. The molecule has 2 N–H and O–H groups in total. The van der Waals surface area contributed by atoms with Crippen molar-refractivity contribution < 1.29 is 14.3 Å². The van der Waals surface area contributed by atoms with Crippen molar-refractivity contribution in [1.29, 1.82) is 0 Å². The van der Waals surface area contributed by atoms with Gasteiger partial charge < -0.3 is 15.4 Å². The molecule has 0 radical (unpaired) electrons. The standard InChI is InChI=1S/C28H32N2O3S/c1-2-3-19-33-22-15-13-21(14-16-22)26(31)30-28-25(23-11-7-8-12-24(23)34-28)27(32)29-18-17-20-9-5-4-6-10-20/h4-6,9-10,13-16H,2-3,7-8,11-12,17-19H2,1H3,(H,29,32)(H,30,31). The van der Waals surface area contributed by atoms with E-state index in [1.54, 1.807) is 23.5 Å². The number of ether oxygens (including phenoxy) is 1. The number of benzene rings is 2. The lowest BCUT2D eigenvalue weighted by Gasteiger charge is -2.13. The number of fused-ring (bicyclic) bond motifs is 1. The number of carbonyl (C=O) groups is 2. The van der Waals surface area contributed by atoms with Gasteiger partial charge >= 0.3 is 0 Å². The van der Waals surface area contributed by atoms with Crippen LogP contribution >= 0.6 is 11.3 Å². The Hall–Kier alpha value is -3.12. The second kappa shape index (κ2) is 11.8. The number of hydrogen-bond donors (Lipinski definition) is 2. The molecule has 34 heavy (non-hydrogen) atoms. The zero-order valence-electron chi connectivity index (χ0n) is 19.7. The van der Waals surface area contributed by atoms with E-state index in [2.05, 4.69) is 29.7 Å². The Morgan fingerprint density at radius 2 is 1.74 bits per heavy atom. The fourth-order valence-corrected chi connectivity index (χ4v) is 5.44. The average Bonchev–Trinajstić information content (AvgIpc) is 3.23. The average molecular weight is 477 g/mol. The minimum absolute atomic E-state index is 0.106. The second-order valence-corrected chi connectivity index (χ2v) is 9.69. The molecule has 0 atom stereocenters. The van der Waals surface area contributed by atoms with Crippen molar-refractivity contribution >= 4 is 28.2 Å². The first-order valence-electron chi connectivity index (χ1n) is 12.2. The Balaban J connectivity index is 1.45. The SMILES string of the molecule is CCCCOc1ccc(C(=O)Nc2sc3c(c2C(=O)NCCc2ccccc2)CCCC3)cc1. The minimum atomic E-state index is -0.211. The van der Waals surface area contributed by atoms with Crippen LogP contribution in [0.5, 0.6) is 5.75 Å². The van der Waals surface area contributed by atoms with Gasteiger partial charge in [-0.2, -0.15) is 0 Å². The second-order valence-electron chi connectivity index (χ2n) is 8.59. The normalized spacial score (nSPS) is 12.6. The van der Waals surface area contributed by atoms with Gasteiger partial charge in [-0.15, -0.1) is 11.3 Å². The number of nitrogens with one attached hydrogen (secondary N) is 2. The highest BCUT2D eigenvalue weighted by atomic mass is 32.1. The van der Waals surface area contributed by atoms with E-state index in [0.29, 0.717) is 29.3 Å². The van der Waals surface area contributed by atoms with Crippen LogP contribution in [0.1, 0.15) is 69.3 Å². The molecule has 0 saturated carbocycles. The van der Waals surface area contributed by atoms with Gasteiger partial charge in [0.1, 0.15) is 10.8 Å². The van der Waals surface area contributed by atoms with Crippen molar-refractivity contribution in [2.75, 3.05) is 18.5 Å². The Morgan fingerprint density at radius 1 is 0.971 bits per heavy atom. The van der Waals surface area contributed by atoms with E-state index in [9.17, 15) is 9.59 Å². The van der Waals surface area contributed by atoms with Crippen molar-refractivity contribution in [3.05, 3.63) is 81.7 Å². The monoisotopic (exact) mass is 476 g/mol. The molecule has 0 aliphatic heterocycles. The van der Waals surface area contributed by atoms with Gasteiger partial charge in [0.2, 0.25) is 0 Å². The Bertz CT molecular complexity index is 1110.